The average molecular weight is 322 g/mol. The van der Waals surface area contributed by atoms with E-state index in [1.165, 1.54) is 24.8 Å². The van der Waals surface area contributed by atoms with E-state index in [1.807, 2.05) is 6.08 Å². The molecule has 1 saturated heterocycles. The molecule has 0 bridgehead atoms. The number of allylic oxidation sites excluding steroid dienone is 1. The van der Waals surface area contributed by atoms with Crippen molar-refractivity contribution in [2.75, 3.05) is 6.54 Å². The Balaban J connectivity index is 1.58. The van der Waals surface area contributed by atoms with Gasteiger partial charge in [-0.15, -0.1) is 0 Å². The monoisotopic (exact) mass is 322 g/mol. The maximum atomic E-state index is 13.0. The minimum absolute atomic E-state index is 0.197. The molecule has 126 valence electrons. The lowest BCUT2D eigenvalue weighted by molar-refractivity contribution is -0.130. The lowest BCUT2D eigenvalue weighted by Gasteiger charge is -2.48. The SMILES string of the molecule is O=C(C1=NC=CCC1)N1CC[C@H](c2ccccc2)[C@H]2CCCC[C@H]21. The van der Waals surface area contributed by atoms with Gasteiger partial charge in [-0.3, -0.25) is 9.79 Å². The van der Waals surface area contributed by atoms with Crippen LogP contribution in [0.15, 0.2) is 47.6 Å². The fourth-order valence-electron chi connectivity index (χ4n) is 4.85. The number of fused-ring (bicyclic) bond motifs is 1. The van der Waals surface area contributed by atoms with Gasteiger partial charge in [0.1, 0.15) is 5.71 Å². The number of amides is 1. The molecule has 1 aliphatic carbocycles. The van der Waals surface area contributed by atoms with Gasteiger partial charge in [-0.2, -0.15) is 0 Å². The molecule has 1 saturated carbocycles. The summed E-state index contributed by atoms with van der Waals surface area (Å²) in [6, 6.07) is 11.3. The Bertz CT molecular complexity index is 649. The number of hydrogen-bond donors (Lipinski definition) is 0. The first kappa shape index (κ1) is 15.6. The molecule has 0 spiro atoms. The molecule has 24 heavy (non-hydrogen) atoms. The first-order chi connectivity index (χ1) is 11.8. The van der Waals surface area contributed by atoms with Gasteiger partial charge in [-0.25, -0.2) is 0 Å². The quantitative estimate of drug-likeness (QED) is 0.798. The molecule has 1 amide bonds. The maximum absolute atomic E-state index is 13.0. The van der Waals surface area contributed by atoms with Gasteiger partial charge in [-0.1, -0.05) is 49.2 Å². The highest BCUT2D eigenvalue weighted by molar-refractivity contribution is 6.39. The third-order valence-corrected chi connectivity index (χ3v) is 6.00. The van der Waals surface area contributed by atoms with Gasteiger partial charge in [0.2, 0.25) is 0 Å². The van der Waals surface area contributed by atoms with Crippen molar-refractivity contribution in [3.8, 4) is 0 Å². The highest BCUT2D eigenvalue weighted by Crippen LogP contribution is 2.44. The molecule has 0 radical (unpaired) electrons. The molecule has 4 rings (SSSR count). The molecule has 0 N–H and O–H groups in total. The highest BCUT2D eigenvalue weighted by atomic mass is 16.2. The Morgan fingerprint density at radius 2 is 1.92 bits per heavy atom. The summed E-state index contributed by atoms with van der Waals surface area (Å²) < 4.78 is 0. The van der Waals surface area contributed by atoms with Crippen molar-refractivity contribution in [3.05, 3.63) is 48.2 Å². The van der Waals surface area contributed by atoms with Crippen LogP contribution in [0.1, 0.15) is 56.4 Å². The average Bonchev–Trinajstić information content (AvgIpc) is 2.68. The van der Waals surface area contributed by atoms with Gasteiger partial charge < -0.3 is 4.90 Å². The molecular weight excluding hydrogens is 296 g/mol. The Morgan fingerprint density at radius 1 is 1.08 bits per heavy atom. The van der Waals surface area contributed by atoms with Crippen LogP contribution >= 0.6 is 0 Å². The van der Waals surface area contributed by atoms with Crippen LogP contribution in [0.25, 0.3) is 0 Å². The summed E-state index contributed by atoms with van der Waals surface area (Å²) in [6.45, 7) is 0.877. The lowest BCUT2D eigenvalue weighted by atomic mass is 9.69. The molecule has 3 nitrogen and oxygen atoms in total. The zero-order valence-electron chi connectivity index (χ0n) is 14.2. The van der Waals surface area contributed by atoms with E-state index in [1.54, 1.807) is 6.20 Å². The van der Waals surface area contributed by atoms with Gasteiger partial charge in [0, 0.05) is 18.8 Å². The number of hydrogen-bond acceptors (Lipinski definition) is 2. The van der Waals surface area contributed by atoms with Gasteiger partial charge >= 0.3 is 0 Å². The van der Waals surface area contributed by atoms with Crippen LogP contribution in [0, 0.1) is 5.92 Å². The van der Waals surface area contributed by atoms with Crippen LogP contribution in [0.3, 0.4) is 0 Å². The fraction of sp³-hybridized carbons (Fsp3) is 0.524. The minimum Gasteiger partial charge on any atom is -0.334 e. The normalized spacial score (nSPS) is 29.8. The van der Waals surface area contributed by atoms with Gasteiger partial charge in [0.25, 0.3) is 5.91 Å². The molecule has 2 heterocycles. The summed E-state index contributed by atoms with van der Waals surface area (Å²) in [7, 11) is 0. The van der Waals surface area contributed by atoms with Crippen molar-refractivity contribution in [2.24, 2.45) is 10.9 Å². The number of benzene rings is 1. The number of carbonyl (C=O) groups is 1. The van der Waals surface area contributed by atoms with Gasteiger partial charge in [0.15, 0.2) is 0 Å². The third kappa shape index (κ3) is 2.92. The van der Waals surface area contributed by atoms with Gasteiger partial charge in [-0.05, 0) is 49.5 Å². The van der Waals surface area contributed by atoms with Crippen LogP contribution in [0.4, 0.5) is 0 Å². The zero-order valence-corrected chi connectivity index (χ0v) is 14.2. The van der Waals surface area contributed by atoms with Crippen molar-refractivity contribution >= 4 is 11.6 Å². The van der Waals surface area contributed by atoms with E-state index in [2.05, 4.69) is 40.2 Å². The van der Waals surface area contributed by atoms with E-state index in [9.17, 15) is 4.79 Å². The fourth-order valence-corrected chi connectivity index (χ4v) is 4.85. The summed E-state index contributed by atoms with van der Waals surface area (Å²) in [6.07, 6.45) is 11.6. The maximum Gasteiger partial charge on any atom is 0.268 e. The predicted molar refractivity (Wildman–Crippen MR) is 97.1 cm³/mol. The molecule has 3 atom stereocenters. The second-order valence-corrected chi connectivity index (χ2v) is 7.32. The van der Waals surface area contributed by atoms with Crippen LogP contribution in [0.5, 0.6) is 0 Å². The second-order valence-electron chi connectivity index (χ2n) is 7.32. The standard InChI is InChI=1S/C21H26N2O/c24-21(19-11-6-7-14-22-19)23-15-13-17(16-8-2-1-3-9-16)18-10-4-5-12-20(18)23/h1-3,7-9,14,17-18,20H,4-6,10-13,15H2/t17-,18-,20-/m1/s1. The summed E-state index contributed by atoms with van der Waals surface area (Å²) in [5, 5.41) is 0. The van der Waals surface area contributed by atoms with E-state index in [-0.39, 0.29) is 5.91 Å². The number of nitrogens with zero attached hydrogens (tertiary/aromatic N) is 2. The molecule has 3 heteroatoms. The molecule has 1 aromatic rings. The molecule has 0 aromatic heterocycles. The summed E-state index contributed by atoms with van der Waals surface area (Å²) in [5.41, 5.74) is 2.22. The number of aliphatic imine (C=N–C) groups is 1. The van der Waals surface area contributed by atoms with Crippen LogP contribution in [-0.2, 0) is 4.79 Å². The largest absolute Gasteiger partial charge is 0.334 e. The summed E-state index contributed by atoms with van der Waals surface area (Å²) >= 11 is 0. The summed E-state index contributed by atoms with van der Waals surface area (Å²) in [5.74, 6) is 1.41. The van der Waals surface area contributed by atoms with Crippen LogP contribution in [-0.4, -0.2) is 29.1 Å². The summed E-state index contributed by atoms with van der Waals surface area (Å²) in [4.78, 5) is 19.5. The molecule has 2 aliphatic heterocycles. The van der Waals surface area contributed by atoms with Crippen LogP contribution in [0.2, 0.25) is 0 Å². The first-order valence-electron chi connectivity index (χ1n) is 9.42. The van der Waals surface area contributed by atoms with E-state index >= 15 is 0 Å². The van der Waals surface area contributed by atoms with E-state index in [0.717, 1.165) is 37.9 Å². The Hall–Kier alpha value is -1.90. The zero-order chi connectivity index (χ0) is 16.4. The Kier molecular flexibility index (Phi) is 4.50. The second kappa shape index (κ2) is 6.92. The predicted octanol–water partition coefficient (Wildman–Crippen LogP) is 4.31. The topological polar surface area (TPSA) is 32.7 Å². The Morgan fingerprint density at radius 3 is 2.71 bits per heavy atom. The lowest BCUT2D eigenvalue weighted by Crippen LogP contribution is -2.54. The number of rotatable bonds is 2. The van der Waals surface area contributed by atoms with Crippen molar-refractivity contribution < 1.29 is 4.79 Å². The molecule has 0 unspecified atom stereocenters. The van der Waals surface area contributed by atoms with E-state index in [0.29, 0.717) is 17.9 Å². The molecular formula is C21H26N2O. The molecule has 2 fully saturated rings. The highest BCUT2D eigenvalue weighted by Gasteiger charge is 2.42. The van der Waals surface area contributed by atoms with Crippen molar-refractivity contribution in [1.29, 1.82) is 0 Å². The third-order valence-electron chi connectivity index (χ3n) is 6.00. The van der Waals surface area contributed by atoms with Gasteiger partial charge in [0.05, 0.1) is 0 Å². The first-order valence-corrected chi connectivity index (χ1v) is 9.42. The van der Waals surface area contributed by atoms with Crippen molar-refractivity contribution in [2.45, 2.75) is 56.9 Å². The van der Waals surface area contributed by atoms with E-state index in [4.69, 9.17) is 0 Å². The number of carbonyl (C=O) groups excluding carboxylic acids is 1. The minimum atomic E-state index is 0.197. The van der Waals surface area contributed by atoms with E-state index < -0.39 is 0 Å². The van der Waals surface area contributed by atoms with Crippen LogP contribution < -0.4 is 0 Å². The molecule has 1 aromatic carbocycles. The number of likely N-dealkylation sites (tertiary alicyclic amines) is 1. The smallest absolute Gasteiger partial charge is 0.268 e. The number of piperidine rings is 1. The Labute approximate surface area is 144 Å². The van der Waals surface area contributed by atoms with Crippen molar-refractivity contribution in [3.63, 3.8) is 0 Å². The molecule has 3 aliphatic rings. The van der Waals surface area contributed by atoms with Crippen molar-refractivity contribution in [1.82, 2.24) is 4.90 Å².